The predicted molar refractivity (Wildman–Crippen MR) is 67.6 cm³/mol. The van der Waals surface area contributed by atoms with Crippen molar-refractivity contribution in [2.45, 2.75) is 6.92 Å². The lowest BCUT2D eigenvalue weighted by Gasteiger charge is -2.08. The van der Waals surface area contributed by atoms with Crippen LogP contribution < -0.4 is 10.1 Å². The minimum absolute atomic E-state index is 0.121. The van der Waals surface area contributed by atoms with E-state index in [1.807, 2.05) is 0 Å². The first-order chi connectivity index (χ1) is 9.51. The number of nitrogens with one attached hydrogen (secondary N) is 1. The fourth-order valence-corrected chi connectivity index (χ4v) is 1.55. The zero-order valence-corrected chi connectivity index (χ0v) is 10.8. The summed E-state index contributed by atoms with van der Waals surface area (Å²) in [5.74, 6) is -2.01. The number of aryl methyl sites for hydroxylation is 1. The van der Waals surface area contributed by atoms with E-state index in [0.29, 0.717) is 5.69 Å². The number of ether oxygens (including phenoxy) is 1. The number of nitrogens with zero attached hydrogens (tertiary/aromatic N) is 2. The quantitative estimate of drug-likeness (QED) is 0.936. The van der Waals surface area contributed by atoms with E-state index in [0.717, 1.165) is 18.2 Å². The molecule has 0 unspecified atom stereocenters. The molecular formula is C13H11F2N3O2. The van der Waals surface area contributed by atoms with E-state index in [2.05, 4.69) is 15.3 Å². The van der Waals surface area contributed by atoms with E-state index in [-0.39, 0.29) is 17.3 Å². The molecule has 1 aromatic carbocycles. The number of methoxy groups -OCH3 is 1. The maximum Gasteiger partial charge on any atom is 0.316 e. The third kappa shape index (κ3) is 2.87. The summed E-state index contributed by atoms with van der Waals surface area (Å²) < 4.78 is 31.3. The van der Waals surface area contributed by atoms with Crippen LogP contribution in [0, 0.1) is 18.6 Å². The maximum atomic E-state index is 13.4. The van der Waals surface area contributed by atoms with Gasteiger partial charge in [-0.25, -0.2) is 13.8 Å². The Hall–Kier alpha value is -2.57. The Morgan fingerprint density at radius 3 is 2.75 bits per heavy atom. The third-order valence-electron chi connectivity index (χ3n) is 2.56. The van der Waals surface area contributed by atoms with E-state index in [1.54, 1.807) is 6.92 Å². The Morgan fingerprint density at radius 1 is 1.35 bits per heavy atom. The molecular weight excluding hydrogens is 268 g/mol. The molecule has 0 atom stereocenters. The van der Waals surface area contributed by atoms with Gasteiger partial charge in [0, 0.05) is 12.3 Å². The maximum absolute atomic E-state index is 13.4. The highest BCUT2D eigenvalue weighted by Gasteiger charge is 2.14. The molecule has 0 saturated heterocycles. The summed E-state index contributed by atoms with van der Waals surface area (Å²) in [6.45, 7) is 1.58. The van der Waals surface area contributed by atoms with Crippen LogP contribution in [0.4, 0.5) is 14.5 Å². The fourth-order valence-electron chi connectivity index (χ4n) is 1.55. The lowest BCUT2D eigenvalue weighted by Crippen LogP contribution is -2.16. The Morgan fingerprint density at radius 2 is 2.10 bits per heavy atom. The number of anilines is 1. The minimum Gasteiger partial charge on any atom is -0.467 e. The highest BCUT2D eigenvalue weighted by atomic mass is 19.1. The van der Waals surface area contributed by atoms with Crippen molar-refractivity contribution in [2.75, 3.05) is 12.4 Å². The first-order valence-electron chi connectivity index (χ1n) is 5.65. The van der Waals surface area contributed by atoms with Gasteiger partial charge in [0.25, 0.3) is 5.91 Å². The van der Waals surface area contributed by atoms with Gasteiger partial charge in [0.05, 0.1) is 24.1 Å². The van der Waals surface area contributed by atoms with Crippen LogP contribution in [0.3, 0.4) is 0 Å². The minimum atomic E-state index is -0.730. The first-order valence-corrected chi connectivity index (χ1v) is 5.65. The number of rotatable bonds is 3. The molecule has 0 bridgehead atoms. The monoisotopic (exact) mass is 279 g/mol. The molecule has 5 nitrogen and oxygen atoms in total. The van der Waals surface area contributed by atoms with E-state index in [4.69, 9.17) is 4.74 Å². The zero-order valence-electron chi connectivity index (χ0n) is 10.8. The van der Waals surface area contributed by atoms with Gasteiger partial charge in [-0.05, 0) is 19.1 Å². The SMILES string of the molecule is COc1ncc(C(=O)Nc2cc(F)ccc2F)c(C)n1. The number of carbonyl (C=O) groups is 1. The second-order valence-corrected chi connectivity index (χ2v) is 3.93. The molecule has 2 aromatic rings. The highest BCUT2D eigenvalue weighted by molar-refractivity contribution is 6.04. The number of aromatic nitrogens is 2. The van der Waals surface area contributed by atoms with Crippen LogP contribution in [0.1, 0.15) is 16.1 Å². The van der Waals surface area contributed by atoms with E-state index in [1.165, 1.54) is 13.3 Å². The van der Waals surface area contributed by atoms with Crippen LogP contribution in [0.25, 0.3) is 0 Å². The summed E-state index contributed by atoms with van der Waals surface area (Å²) >= 11 is 0. The van der Waals surface area contributed by atoms with Crippen molar-refractivity contribution in [2.24, 2.45) is 0 Å². The molecule has 1 aromatic heterocycles. The summed E-state index contributed by atoms with van der Waals surface area (Å²) in [5, 5.41) is 2.27. The van der Waals surface area contributed by atoms with Gasteiger partial charge < -0.3 is 10.1 Å². The van der Waals surface area contributed by atoms with Gasteiger partial charge in [-0.3, -0.25) is 4.79 Å². The largest absolute Gasteiger partial charge is 0.467 e. The van der Waals surface area contributed by atoms with Crippen LogP contribution in [0.5, 0.6) is 6.01 Å². The fraction of sp³-hybridized carbons (Fsp3) is 0.154. The normalized spacial score (nSPS) is 10.2. The molecule has 20 heavy (non-hydrogen) atoms. The summed E-state index contributed by atoms with van der Waals surface area (Å²) in [6.07, 6.45) is 1.26. The van der Waals surface area contributed by atoms with Gasteiger partial charge in [0.1, 0.15) is 11.6 Å². The zero-order chi connectivity index (χ0) is 14.7. The number of amides is 1. The molecule has 0 radical (unpaired) electrons. The van der Waals surface area contributed by atoms with E-state index >= 15 is 0 Å². The van der Waals surface area contributed by atoms with Crippen molar-refractivity contribution >= 4 is 11.6 Å². The molecule has 0 aliphatic carbocycles. The molecule has 0 aliphatic rings. The third-order valence-corrected chi connectivity index (χ3v) is 2.56. The number of hydrogen-bond acceptors (Lipinski definition) is 4. The Kier molecular flexibility index (Phi) is 3.88. The molecule has 0 saturated carbocycles. The summed E-state index contributed by atoms with van der Waals surface area (Å²) in [6, 6.07) is 2.91. The molecule has 0 aliphatic heterocycles. The number of benzene rings is 1. The topological polar surface area (TPSA) is 64.1 Å². The van der Waals surface area contributed by atoms with Gasteiger partial charge in [0.15, 0.2) is 0 Å². The second-order valence-electron chi connectivity index (χ2n) is 3.93. The van der Waals surface area contributed by atoms with Crippen LogP contribution in [-0.4, -0.2) is 23.0 Å². The molecule has 1 amide bonds. The van der Waals surface area contributed by atoms with Crippen LogP contribution >= 0.6 is 0 Å². The Bertz CT molecular complexity index is 662. The Balaban J connectivity index is 2.26. The molecule has 0 fully saturated rings. The molecule has 0 spiro atoms. The van der Waals surface area contributed by atoms with Gasteiger partial charge in [-0.1, -0.05) is 0 Å². The lowest BCUT2D eigenvalue weighted by molar-refractivity contribution is 0.102. The smallest absolute Gasteiger partial charge is 0.316 e. The van der Waals surface area contributed by atoms with Crippen molar-refractivity contribution in [1.82, 2.24) is 9.97 Å². The first kappa shape index (κ1) is 13.9. The summed E-state index contributed by atoms with van der Waals surface area (Å²) in [4.78, 5) is 19.7. The van der Waals surface area contributed by atoms with Crippen molar-refractivity contribution in [1.29, 1.82) is 0 Å². The summed E-state index contributed by atoms with van der Waals surface area (Å²) in [7, 11) is 1.40. The molecule has 2 rings (SSSR count). The molecule has 1 heterocycles. The Labute approximate surface area is 113 Å². The van der Waals surface area contributed by atoms with Gasteiger partial charge in [-0.2, -0.15) is 4.98 Å². The average molecular weight is 279 g/mol. The van der Waals surface area contributed by atoms with Gasteiger partial charge >= 0.3 is 6.01 Å². The standard InChI is InChI=1S/C13H11F2N3O2/c1-7-9(6-16-13(17-7)20-2)12(19)18-11-5-8(14)3-4-10(11)15/h3-6H,1-2H3,(H,18,19). The number of halogens is 2. The van der Waals surface area contributed by atoms with Crippen molar-refractivity contribution in [3.8, 4) is 6.01 Å². The van der Waals surface area contributed by atoms with E-state index in [9.17, 15) is 13.6 Å². The van der Waals surface area contributed by atoms with Crippen molar-refractivity contribution in [3.63, 3.8) is 0 Å². The molecule has 104 valence electrons. The number of hydrogen-bond donors (Lipinski definition) is 1. The van der Waals surface area contributed by atoms with E-state index < -0.39 is 17.5 Å². The predicted octanol–water partition coefficient (Wildman–Crippen LogP) is 2.32. The molecule has 1 N–H and O–H groups in total. The van der Waals surface area contributed by atoms with Crippen LogP contribution in [-0.2, 0) is 0 Å². The lowest BCUT2D eigenvalue weighted by atomic mass is 10.2. The number of carbonyl (C=O) groups excluding carboxylic acids is 1. The highest BCUT2D eigenvalue weighted by Crippen LogP contribution is 2.17. The van der Waals surface area contributed by atoms with Crippen LogP contribution in [0.2, 0.25) is 0 Å². The van der Waals surface area contributed by atoms with Gasteiger partial charge in [0.2, 0.25) is 0 Å². The second kappa shape index (κ2) is 5.60. The van der Waals surface area contributed by atoms with Crippen LogP contribution in [0.15, 0.2) is 24.4 Å². The van der Waals surface area contributed by atoms with Gasteiger partial charge in [-0.15, -0.1) is 0 Å². The average Bonchev–Trinajstić information content (AvgIpc) is 2.42. The van der Waals surface area contributed by atoms with Crippen molar-refractivity contribution < 1.29 is 18.3 Å². The molecule has 7 heteroatoms. The van der Waals surface area contributed by atoms with Crippen molar-refractivity contribution in [3.05, 3.63) is 47.3 Å². The summed E-state index contributed by atoms with van der Waals surface area (Å²) in [5.41, 5.74) is 0.269.